The summed E-state index contributed by atoms with van der Waals surface area (Å²) in [7, 11) is 0. The molecule has 1 aromatic carbocycles. The number of amides is 3. The van der Waals surface area contributed by atoms with E-state index in [2.05, 4.69) is 0 Å². The maximum Gasteiger partial charge on any atom is 0.312 e. The minimum Gasteiger partial charge on any atom is -0.342 e. The zero-order valence-corrected chi connectivity index (χ0v) is 15.7. The summed E-state index contributed by atoms with van der Waals surface area (Å²) in [6.45, 7) is 3.01. The van der Waals surface area contributed by atoms with Gasteiger partial charge in [-0.1, -0.05) is 30.3 Å². The molecular formula is C21H27N3O3. The van der Waals surface area contributed by atoms with E-state index in [0.717, 1.165) is 44.3 Å². The fourth-order valence-corrected chi connectivity index (χ4v) is 4.13. The highest BCUT2D eigenvalue weighted by Gasteiger charge is 2.40. The first-order chi connectivity index (χ1) is 13.1. The largest absolute Gasteiger partial charge is 0.342 e. The summed E-state index contributed by atoms with van der Waals surface area (Å²) < 4.78 is 0. The lowest BCUT2D eigenvalue weighted by molar-refractivity contribution is -0.152. The summed E-state index contributed by atoms with van der Waals surface area (Å²) in [4.78, 5) is 43.5. The Morgan fingerprint density at radius 3 is 2.30 bits per heavy atom. The highest BCUT2D eigenvalue weighted by molar-refractivity contribution is 6.35. The van der Waals surface area contributed by atoms with Gasteiger partial charge in [0.25, 0.3) is 0 Å². The molecule has 2 aliphatic heterocycles. The van der Waals surface area contributed by atoms with E-state index in [1.165, 1.54) is 0 Å². The second-order valence-corrected chi connectivity index (χ2v) is 7.92. The monoisotopic (exact) mass is 369 g/mol. The first-order valence-electron chi connectivity index (χ1n) is 10.1. The van der Waals surface area contributed by atoms with Gasteiger partial charge in [0.1, 0.15) is 0 Å². The van der Waals surface area contributed by atoms with Crippen molar-refractivity contribution >= 4 is 17.7 Å². The molecule has 1 atom stereocenters. The van der Waals surface area contributed by atoms with E-state index >= 15 is 0 Å². The molecule has 1 aromatic rings. The fraction of sp³-hybridized carbons (Fsp3) is 0.571. The van der Waals surface area contributed by atoms with Crippen LogP contribution < -0.4 is 0 Å². The van der Waals surface area contributed by atoms with Gasteiger partial charge in [0.05, 0.1) is 5.92 Å². The maximum absolute atomic E-state index is 12.9. The maximum atomic E-state index is 12.9. The van der Waals surface area contributed by atoms with E-state index < -0.39 is 11.8 Å². The zero-order chi connectivity index (χ0) is 18.8. The lowest BCUT2D eigenvalue weighted by Gasteiger charge is -2.25. The number of carbonyl (C=O) groups excluding carboxylic acids is 3. The van der Waals surface area contributed by atoms with E-state index in [4.69, 9.17) is 0 Å². The molecule has 6 heteroatoms. The summed E-state index contributed by atoms with van der Waals surface area (Å²) in [5.41, 5.74) is 1.04. The highest BCUT2D eigenvalue weighted by Crippen LogP contribution is 2.29. The summed E-state index contributed by atoms with van der Waals surface area (Å²) in [6, 6.07) is 9.97. The van der Waals surface area contributed by atoms with Gasteiger partial charge in [-0.05, 0) is 37.7 Å². The van der Waals surface area contributed by atoms with Gasteiger partial charge in [0.15, 0.2) is 0 Å². The van der Waals surface area contributed by atoms with E-state index in [9.17, 15) is 14.4 Å². The van der Waals surface area contributed by atoms with Crippen LogP contribution in [0.25, 0.3) is 0 Å². The van der Waals surface area contributed by atoms with E-state index in [1.807, 2.05) is 35.2 Å². The van der Waals surface area contributed by atoms with Crippen LogP contribution in [0.2, 0.25) is 0 Å². The molecule has 3 fully saturated rings. The molecule has 144 valence electrons. The quantitative estimate of drug-likeness (QED) is 0.758. The minimum absolute atomic E-state index is 0.150. The molecule has 1 aliphatic carbocycles. The molecule has 27 heavy (non-hydrogen) atoms. The van der Waals surface area contributed by atoms with Crippen molar-refractivity contribution in [3.05, 3.63) is 35.9 Å². The predicted octanol–water partition coefficient (Wildman–Crippen LogP) is 1.65. The normalized spacial score (nSPS) is 22.1. The van der Waals surface area contributed by atoms with Crippen LogP contribution in [-0.2, 0) is 20.9 Å². The lowest BCUT2D eigenvalue weighted by Crippen LogP contribution is -2.45. The zero-order valence-electron chi connectivity index (χ0n) is 15.7. The first kappa shape index (κ1) is 18.0. The number of rotatable bonds is 4. The SMILES string of the molecule is O=C(C(=O)N(Cc1ccccc1)C1CC1)N1CCC(C(=O)N2CCCC2)C1. The van der Waals surface area contributed by atoms with Crippen LogP contribution >= 0.6 is 0 Å². The smallest absolute Gasteiger partial charge is 0.312 e. The minimum atomic E-state index is -0.449. The number of hydrogen-bond acceptors (Lipinski definition) is 3. The second kappa shape index (κ2) is 7.71. The van der Waals surface area contributed by atoms with Crippen LogP contribution in [0.4, 0.5) is 0 Å². The molecule has 2 heterocycles. The Hall–Kier alpha value is -2.37. The standard InChI is InChI=1S/C21H27N3O3/c25-19(22-11-4-5-12-22)17-10-13-23(15-17)20(26)21(27)24(18-8-9-18)14-16-6-2-1-3-7-16/h1-3,6-7,17-18H,4-5,8-15H2. The van der Waals surface area contributed by atoms with Crippen LogP contribution in [0, 0.1) is 5.92 Å². The van der Waals surface area contributed by atoms with Crippen molar-refractivity contribution in [3.63, 3.8) is 0 Å². The Morgan fingerprint density at radius 2 is 1.63 bits per heavy atom. The molecule has 6 nitrogen and oxygen atoms in total. The predicted molar refractivity (Wildman–Crippen MR) is 101 cm³/mol. The third-order valence-electron chi connectivity index (χ3n) is 5.87. The third kappa shape index (κ3) is 3.99. The molecule has 1 saturated carbocycles. The van der Waals surface area contributed by atoms with Crippen LogP contribution in [0.15, 0.2) is 30.3 Å². The summed E-state index contributed by atoms with van der Waals surface area (Å²) in [6.07, 6.45) is 4.71. The Morgan fingerprint density at radius 1 is 0.926 bits per heavy atom. The molecule has 0 aromatic heterocycles. The highest BCUT2D eigenvalue weighted by atomic mass is 16.2. The third-order valence-corrected chi connectivity index (χ3v) is 5.87. The van der Waals surface area contributed by atoms with E-state index in [0.29, 0.717) is 26.1 Å². The Labute approximate surface area is 160 Å². The molecule has 0 radical (unpaired) electrons. The summed E-state index contributed by atoms with van der Waals surface area (Å²) in [5, 5.41) is 0. The lowest BCUT2D eigenvalue weighted by atomic mass is 10.1. The molecule has 0 N–H and O–H groups in total. The number of hydrogen-bond donors (Lipinski definition) is 0. The molecule has 3 aliphatic rings. The number of likely N-dealkylation sites (tertiary alicyclic amines) is 2. The van der Waals surface area contributed by atoms with Gasteiger partial charge >= 0.3 is 11.8 Å². The molecule has 0 spiro atoms. The molecule has 4 rings (SSSR count). The topological polar surface area (TPSA) is 60.9 Å². The number of benzene rings is 1. The van der Waals surface area contributed by atoms with Crippen molar-refractivity contribution in [1.82, 2.24) is 14.7 Å². The van der Waals surface area contributed by atoms with E-state index in [-0.39, 0.29) is 17.9 Å². The number of nitrogens with zero attached hydrogens (tertiary/aromatic N) is 3. The van der Waals surface area contributed by atoms with Crippen molar-refractivity contribution < 1.29 is 14.4 Å². The van der Waals surface area contributed by atoms with Gasteiger partial charge in [-0.15, -0.1) is 0 Å². The summed E-state index contributed by atoms with van der Waals surface area (Å²) in [5.74, 6) is -0.868. The van der Waals surface area contributed by atoms with Gasteiger partial charge in [-0.25, -0.2) is 0 Å². The second-order valence-electron chi connectivity index (χ2n) is 7.92. The average Bonchev–Trinajstić information content (AvgIpc) is 3.19. The molecule has 2 saturated heterocycles. The summed E-state index contributed by atoms with van der Waals surface area (Å²) >= 11 is 0. The van der Waals surface area contributed by atoms with Crippen molar-refractivity contribution in [1.29, 1.82) is 0 Å². The Bertz CT molecular complexity index is 711. The molecular weight excluding hydrogens is 342 g/mol. The van der Waals surface area contributed by atoms with Gasteiger partial charge in [0.2, 0.25) is 5.91 Å². The fourth-order valence-electron chi connectivity index (χ4n) is 4.13. The molecule has 3 amide bonds. The Kier molecular flexibility index (Phi) is 5.14. The van der Waals surface area contributed by atoms with Crippen molar-refractivity contribution in [2.24, 2.45) is 5.92 Å². The van der Waals surface area contributed by atoms with Crippen molar-refractivity contribution in [3.8, 4) is 0 Å². The molecule has 1 unspecified atom stereocenters. The molecule has 0 bridgehead atoms. The number of carbonyl (C=O) groups is 3. The average molecular weight is 369 g/mol. The van der Waals surface area contributed by atoms with Crippen LogP contribution in [0.1, 0.15) is 37.7 Å². The Balaban J connectivity index is 1.38. The van der Waals surface area contributed by atoms with Gasteiger partial charge in [-0.3, -0.25) is 14.4 Å². The van der Waals surface area contributed by atoms with Crippen molar-refractivity contribution in [2.45, 2.75) is 44.7 Å². The van der Waals surface area contributed by atoms with E-state index in [1.54, 1.807) is 9.80 Å². The first-order valence-corrected chi connectivity index (χ1v) is 10.1. The van der Waals surface area contributed by atoms with Crippen molar-refractivity contribution in [2.75, 3.05) is 26.2 Å². The van der Waals surface area contributed by atoms with Crippen LogP contribution in [0.3, 0.4) is 0 Å². The van der Waals surface area contributed by atoms with Gasteiger partial charge in [-0.2, -0.15) is 0 Å². The van der Waals surface area contributed by atoms with Crippen LogP contribution in [0.5, 0.6) is 0 Å². The van der Waals surface area contributed by atoms with Gasteiger partial charge < -0.3 is 14.7 Å². The van der Waals surface area contributed by atoms with Crippen LogP contribution in [-0.4, -0.2) is 64.6 Å². The van der Waals surface area contributed by atoms with Gasteiger partial charge in [0, 0.05) is 38.8 Å².